The van der Waals surface area contributed by atoms with E-state index in [2.05, 4.69) is 11.1 Å². The second-order valence-corrected chi connectivity index (χ2v) is 11.3. The molecule has 0 amide bonds. The summed E-state index contributed by atoms with van der Waals surface area (Å²) < 4.78 is 7.04. The molecule has 5 heteroatoms. The van der Waals surface area contributed by atoms with E-state index >= 15 is 0 Å². The summed E-state index contributed by atoms with van der Waals surface area (Å²) in [6, 6.07) is 29.8. The first-order valence-electron chi connectivity index (χ1n) is 13.6. The van der Waals surface area contributed by atoms with Crippen LogP contribution in [0.5, 0.6) is 5.75 Å². The normalized spacial score (nSPS) is 22.4. The second kappa shape index (κ2) is 8.51. The molecule has 2 N–H and O–H groups in total. The molecule has 40 heavy (non-hydrogen) atoms. The molecule has 0 fully saturated rings. The van der Waals surface area contributed by atoms with E-state index in [0.29, 0.717) is 28.4 Å². The number of nitrogens with zero attached hydrogens (tertiary/aromatic N) is 1. The van der Waals surface area contributed by atoms with E-state index in [1.54, 1.807) is 0 Å². The average molecular weight is 527 g/mol. The van der Waals surface area contributed by atoms with E-state index in [1.165, 1.54) is 0 Å². The minimum atomic E-state index is -1.72. The molecule has 1 aliphatic carbocycles. The van der Waals surface area contributed by atoms with Gasteiger partial charge in [0.1, 0.15) is 11.6 Å². The Labute approximate surface area is 233 Å². The molecule has 3 atom stereocenters. The lowest BCUT2D eigenvalue weighted by Gasteiger charge is -2.40. The number of aromatic amines is 1. The number of H-pyrrole nitrogens is 1. The Morgan fingerprint density at radius 3 is 2.30 bits per heavy atom. The molecule has 1 aromatic heterocycles. The zero-order valence-electron chi connectivity index (χ0n) is 22.9. The summed E-state index contributed by atoms with van der Waals surface area (Å²) in [5.74, 6) is 0.420. The standard InChI is InChI=1S/C35H30N2O3/c1-20-13-15-26(16-14-20)35-30(24-10-6-5-7-11-24)28-31(34(35,39)29-23(4)17-22(3)19-27(29)40-35)36-32(37-33(28)38)25-12-8-9-21(2)18-25/h5-19,30,39H,1-4H3,(H,36,37,38)/t30-,34+,35+/m0/s1. The number of aromatic nitrogens is 2. The second-order valence-electron chi connectivity index (χ2n) is 11.3. The lowest BCUT2D eigenvalue weighted by Crippen LogP contribution is -2.49. The van der Waals surface area contributed by atoms with E-state index < -0.39 is 17.1 Å². The van der Waals surface area contributed by atoms with Crippen LogP contribution in [0.1, 0.15) is 56.1 Å². The van der Waals surface area contributed by atoms with Crippen LogP contribution in [0.3, 0.4) is 0 Å². The largest absolute Gasteiger partial charge is 0.477 e. The van der Waals surface area contributed by atoms with Crippen molar-refractivity contribution in [1.82, 2.24) is 9.97 Å². The molecule has 2 heterocycles. The van der Waals surface area contributed by atoms with Gasteiger partial charge in [0.05, 0.1) is 17.2 Å². The summed E-state index contributed by atoms with van der Waals surface area (Å²) in [6.07, 6.45) is 0. The molecular formula is C35H30N2O3. The minimum Gasteiger partial charge on any atom is -0.477 e. The maximum absolute atomic E-state index is 14.2. The minimum absolute atomic E-state index is 0.278. The van der Waals surface area contributed by atoms with Crippen molar-refractivity contribution in [1.29, 1.82) is 0 Å². The van der Waals surface area contributed by atoms with Gasteiger partial charge in [0, 0.05) is 16.7 Å². The Bertz CT molecular complexity index is 1860. The van der Waals surface area contributed by atoms with Gasteiger partial charge in [-0.2, -0.15) is 0 Å². The molecule has 5 nitrogen and oxygen atoms in total. The maximum atomic E-state index is 14.2. The van der Waals surface area contributed by atoms with Crippen LogP contribution in [0.4, 0.5) is 0 Å². The number of hydrogen-bond donors (Lipinski definition) is 2. The van der Waals surface area contributed by atoms with Crippen LogP contribution in [0.25, 0.3) is 11.4 Å². The molecule has 1 aliphatic heterocycles. The molecule has 7 rings (SSSR count). The van der Waals surface area contributed by atoms with Crippen molar-refractivity contribution < 1.29 is 9.84 Å². The zero-order valence-corrected chi connectivity index (χ0v) is 22.9. The number of rotatable bonds is 3. The third kappa shape index (κ3) is 3.18. The average Bonchev–Trinajstić information content (AvgIpc) is 3.32. The molecule has 198 valence electrons. The molecule has 0 unspecified atom stereocenters. The summed E-state index contributed by atoms with van der Waals surface area (Å²) >= 11 is 0. The van der Waals surface area contributed by atoms with Gasteiger partial charge in [0.2, 0.25) is 0 Å². The van der Waals surface area contributed by atoms with Crippen molar-refractivity contribution in [2.24, 2.45) is 0 Å². The number of nitrogens with one attached hydrogen (secondary N) is 1. The van der Waals surface area contributed by atoms with Crippen molar-refractivity contribution in [3.8, 4) is 17.1 Å². The molecule has 2 aliphatic rings. The fourth-order valence-electron chi connectivity index (χ4n) is 6.91. The summed E-state index contributed by atoms with van der Waals surface area (Å²) in [4.78, 5) is 22.3. The molecule has 0 saturated carbocycles. The lowest BCUT2D eigenvalue weighted by molar-refractivity contribution is -0.0905. The van der Waals surface area contributed by atoms with Gasteiger partial charge in [-0.05, 0) is 56.5 Å². The van der Waals surface area contributed by atoms with Crippen molar-refractivity contribution in [3.63, 3.8) is 0 Å². The first-order valence-corrected chi connectivity index (χ1v) is 13.6. The third-order valence-corrected chi connectivity index (χ3v) is 8.51. The van der Waals surface area contributed by atoms with Gasteiger partial charge >= 0.3 is 0 Å². The van der Waals surface area contributed by atoms with E-state index in [0.717, 1.165) is 38.9 Å². The highest BCUT2D eigenvalue weighted by Crippen LogP contribution is 2.68. The van der Waals surface area contributed by atoms with Crippen LogP contribution >= 0.6 is 0 Å². The van der Waals surface area contributed by atoms with Crippen molar-refractivity contribution in [2.45, 2.75) is 44.8 Å². The predicted molar refractivity (Wildman–Crippen MR) is 156 cm³/mol. The number of aliphatic hydroxyl groups is 1. The Morgan fingerprint density at radius 1 is 0.825 bits per heavy atom. The van der Waals surface area contributed by atoms with E-state index in [9.17, 15) is 9.90 Å². The highest BCUT2D eigenvalue weighted by Gasteiger charge is 2.73. The quantitative estimate of drug-likeness (QED) is 0.288. The monoisotopic (exact) mass is 526 g/mol. The molecule has 0 saturated heterocycles. The highest BCUT2D eigenvalue weighted by molar-refractivity contribution is 5.67. The molecule has 5 aromatic rings. The van der Waals surface area contributed by atoms with Crippen LogP contribution in [0.2, 0.25) is 0 Å². The maximum Gasteiger partial charge on any atom is 0.255 e. The molecule has 4 aromatic carbocycles. The number of hydrogen-bond acceptors (Lipinski definition) is 4. The Balaban J connectivity index is 1.64. The molecule has 0 bridgehead atoms. The van der Waals surface area contributed by atoms with Crippen LogP contribution < -0.4 is 10.3 Å². The van der Waals surface area contributed by atoms with Crippen LogP contribution in [-0.4, -0.2) is 15.1 Å². The van der Waals surface area contributed by atoms with Gasteiger partial charge < -0.3 is 14.8 Å². The van der Waals surface area contributed by atoms with Crippen LogP contribution in [0.15, 0.2) is 95.8 Å². The number of ether oxygens (including phenoxy) is 1. The van der Waals surface area contributed by atoms with Crippen molar-refractivity contribution >= 4 is 0 Å². The van der Waals surface area contributed by atoms with Gasteiger partial charge in [-0.3, -0.25) is 4.79 Å². The first kappa shape index (κ1) is 24.6. The summed E-state index contributed by atoms with van der Waals surface area (Å²) in [5.41, 5.74) is 4.60. The number of fused-ring (bicyclic) bond motifs is 5. The topological polar surface area (TPSA) is 75.2 Å². The van der Waals surface area contributed by atoms with E-state index in [4.69, 9.17) is 9.72 Å². The Hall–Kier alpha value is -4.48. The third-order valence-electron chi connectivity index (χ3n) is 8.51. The summed E-state index contributed by atoms with van der Waals surface area (Å²) in [6.45, 7) is 8.05. The van der Waals surface area contributed by atoms with Gasteiger partial charge in [-0.1, -0.05) is 90.0 Å². The van der Waals surface area contributed by atoms with Gasteiger partial charge in [0.15, 0.2) is 11.2 Å². The van der Waals surface area contributed by atoms with Gasteiger partial charge in [-0.15, -0.1) is 0 Å². The lowest BCUT2D eigenvalue weighted by atomic mass is 9.69. The number of benzene rings is 4. The summed E-state index contributed by atoms with van der Waals surface area (Å²) in [7, 11) is 0. The van der Waals surface area contributed by atoms with Gasteiger partial charge in [0.25, 0.3) is 5.56 Å². The fourth-order valence-corrected chi connectivity index (χ4v) is 6.91. The number of aryl methyl sites for hydroxylation is 4. The predicted octanol–water partition coefficient (Wildman–Crippen LogP) is 6.34. The van der Waals surface area contributed by atoms with Crippen molar-refractivity contribution in [3.05, 3.63) is 152 Å². The summed E-state index contributed by atoms with van der Waals surface area (Å²) in [5, 5.41) is 13.3. The SMILES string of the molecule is Cc1ccc([C@]23Oc4cc(C)cc(C)c4[C@@]2(O)c2nc(-c4cccc(C)c4)[nH]c(=O)c2[C@@H]3c2ccccc2)cc1. The molecule has 0 spiro atoms. The fraction of sp³-hybridized carbons (Fsp3) is 0.200. The Morgan fingerprint density at radius 2 is 1.57 bits per heavy atom. The van der Waals surface area contributed by atoms with E-state index in [1.807, 2.05) is 113 Å². The molecule has 0 radical (unpaired) electrons. The van der Waals surface area contributed by atoms with E-state index in [-0.39, 0.29) is 5.56 Å². The first-order chi connectivity index (χ1) is 19.2. The Kier molecular flexibility index (Phi) is 5.22. The zero-order chi connectivity index (χ0) is 27.8. The van der Waals surface area contributed by atoms with Crippen molar-refractivity contribution in [2.75, 3.05) is 0 Å². The molecular weight excluding hydrogens is 496 g/mol. The van der Waals surface area contributed by atoms with Crippen LogP contribution in [-0.2, 0) is 11.2 Å². The highest BCUT2D eigenvalue weighted by atomic mass is 16.5. The smallest absolute Gasteiger partial charge is 0.255 e. The van der Waals surface area contributed by atoms with Crippen LogP contribution in [0, 0.1) is 27.7 Å². The van der Waals surface area contributed by atoms with Gasteiger partial charge in [-0.25, -0.2) is 4.98 Å².